The molecule has 0 aromatic heterocycles. The minimum atomic E-state index is -3.52. The Morgan fingerprint density at radius 1 is 1.00 bits per heavy atom. The zero-order chi connectivity index (χ0) is 19.3. The van der Waals surface area contributed by atoms with Gasteiger partial charge in [-0.15, -0.1) is 0 Å². The summed E-state index contributed by atoms with van der Waals surface area (Å²) >= 11 is 0. The van der Waals surface area contributed by atoms with Gasteiger partial charge in [-0.3, -0.25) is 4.79 Å². The third-order valence-electron chi connectivity index (χ3n) is 4.35. The topological polar surface area (TPSA) is 66.5 Å². The predicted octanol–water partition coefficient (Wildman–Crippen LogP) is 3.65. The van der Waals surface area contributed by atoms with Gasteiger partial charge in [0.05, 0.1) is 4.90 Å². The Bertz CT molecular complexity index is 854. The van der Waals surface area contributed by atoms with Gasteiger partial charge in [0.2, 0.25) is 15.9 Å². The summed E-state index contributed by atoms with van der Waals surface area (Å²) in [4.78, 5) is 12.4. The van der Waals surface area contributed by atoms with E-state index in [4.69, 9.17) is 0 Å². The maximum absolute atomic E-state index is 12.5. The molecule has 0 heterocycles. The monoisotopic (exact) mass is 374 g/mol. The molecule has 0 radical (unpaired) electrons. The van der Waals surface area contributed by atoms with Crippen LogP contribution in [0.4, 0.5) is 5.69 Å². The molecule has 5 nitrogen and oxygen atoms in total. The number of aryl methyl sites for hydroxylation is 3. The number of benzene rings is 2. The molecule has 0 atom stereocenters. The summed E-state index contributed by atoms with van der Waals surface area (Å²) in [7, 11) is -1.98. The highest BCUT2D eigenvalue weighted by molar-refractivity contribution is 7.89. The highest BCUT2D eigenvalue weighted by Crippen LogP contribution is 2.20. The summed E-state index contributed by atoms with van der Waals surface area (Å²) < 4.78 is 26.3. The smallest absolute Gasteiger partial charge is 0.242 e. The number of hydrogen-bond donors (Lipinski definition) is 1. The van der Waals surface area contributed by atoms with Crippen LogP contribution < -0.4 is 5.32 Å². The summed E-state index contributed by atoms with van der Waals surface area (Å²) in [6.45, 7) is 6.10. The lowest BCUT2D eigenvalue weighted by Crippen LogP contribution is -2.28. The van der Waals surface area contributed by atoms with Gasteiger partial charge in [-0.05, 0) is 50.5 Å². The SMILES string of the molecule is Cc1ccc(S(=O)(=O)N(C)CCCC(=O)Nc2c(C)cccc2C)cc1. The molecule has 140 valence electrons. The molecule has 0 aliphatic heterocycles. The first-order valence-corrected chi connectivity index (χ1v) is 10.0. The van der Waals surface area contributed by atoms with Crippen LogP contribution in [-0.4, -0.2) is 32.2 Å². The summed E-state index contributed by atoms with van der Waals surface area (Å²) in [6, 6.07) is 12.6. The molecule has 2 aromatic rings. The van der Waals surface area contributed by atoms with Crippen molar-refractivity contribution < 1.29 is 13.2 Å². The van der Waals surface area contributed by atoms with Gasteiger partial charge in [-0.2, -0.15) is 0 Å². The Morgan fingerprint density at radius 3 is 2.15 bits per heavy atom. The van der Waals surface area contributed by atoms with Crippen molar-refractivity contribution in [3.63, 3.8) is 0 Å². The van der Waals surface area contributed by atoms with Crippen LogP contribution >= 0.6 is 0 Å². The minimum absolute atomic E-state index is 0.108. The van der Waals surface area contributed by atoms with E-state index in [1.807, 2.05) is 39.0 Å². The quantitative estimate of drug-likeness (QED) is 0.804. The fraction of sp³-hybridized carbons (Fsp3) is 0.350. The third-order valence-corrected chi connectivity index (χ3v) is 6.22. The zero-order valence-electron chi connectivity index (χ0n) is 15.7. The largest absolute Gasteiger partial charge is 0.326 e. The van der Waals surface area contributed by atoms with Crippen molar-refractivity contribution in [2.75, 3.05) is 18.9 Å². The fourth-order valence-corrected chi connectivity index (χ4v) is 3.90. The van der Waals surface area contributed by atoms with Crippen molar-refractivity contribution >= 4 is 21.6 Å². The lowest BCUT2D eigenvalue weighted by Gasteiger charge is -2.17. The van der Waals surface area contributed by atoms with Gasteiger partial charge < -0.3 is 5.32 Å². The van der Waals surface area contributed by atoms with E-state index < -0.39 is 10.0 Å². The number of hydrogen-bond acceptors (Lipinski definition) is 3. The molecule has 1 N–H and O–H groups in total. The Kier molecular flexibility index (Phi) is 6.56. The molecule has 26 heavy (non-hydrogen) atoms. The fourth-order valence-electron chi connectivity index (χ4n) is 2.69. The number of amides is 1. The van der Waals surface area contributed by atoms with Crippen LogP contribution in [0.2, 0.25) is 0 Å². The molecular formula is C20H26N2O3S. The van der Waals surface area contributed by atoms with E-state index >= 15 is 0 Å². The lowest BCUT2D eigenvalue weighted by molar-refractivity contribution is -0.116. The summed E-state index contributed by atoms with van der Waals surface area (Å²) in [5, 5.41) is 2.92. The highest BCUT2D eigenvalue weighted by Gasteiger charge is 2.20. The lowest BCUT2D eigenvalue weighted by atomic mass is 10.1. The number of rotatable bonds is 7. The highest BCUT2D eigenvalue weighted by atomic mass is 32.2. The van der Waals surface area contributed by atoms with E-state index in [0.29, 0.717) is 6.42 Å². The molecule has 0 saturated heterocycles. The first-order valence-electron chi connectivity index (χ1n) is 8.61. The van der Waals surface area contributed by atoms with Gasteiger partial charge in [0.1, 0.15) is 0 Å². The molecule has 0 unspecified atom stereocenters. The molecule has 2 rings (SSSR count). The molecule has 2 aromatic carbocycles. The second-order valence-electron chi connectivity index (χ2n) is 6.56. The number of sulfonamides is 1. The maximum atomic E-state index is 12.5. The third kappa shape index (κ3) is 4.93. The second-order valence-corrected chi connectivity index (χ2v) is 8.60. The van der Waals surface area contributed by atoms with Crippen molar-refractivity contribution in [1.29, 1.82) is 0 Å². The van der Waals surface area contributed by atoms with Gasteiger partial charge in [-0.1, -0.05) is 35.9 Å². The predicted molar refractivity (Wildman–Crippen MR) is 105 cm³/mol. The number of carbonyl (C=O) groups is 1. The molecular weight excluding hydrogens is 348 g/mol. The average Bonchev–Trinajstić information content (AvgIpc) is 2.58. The second kappa shape index (κ2) is 8.47. The number of para-hydroxylation sites is 1. The van der Waals surface area contributed by atoms with Gasteiger partial charge >= 0.3 is 0 Å². The Hall–Kier alpha value is -2.18. The Morgan fingerprint density at radius 2 is 1.58 bits per heavy atom. The van der Waals surface area contributed by atoms with Gasteiger partial charge in [0, 0.05) is 25.7 Å². The van der Waals surface area contributed by atoms with E-state index in [9.17, 15) is 13.2 Å². The molecule has 1 amide bonds. The normalized spacial score (nSPS) is 11.6. The van der Waals surface area contributed by atoms with Crippen LogP contribution in [0.15, 0.2) is 47.4 Å². The van der Waals surface area contributed by atoms with Crippen molar-refractivity contribution in [3.05, 3.63) is 59.2 Å². The molecule has 0 aliphatic carbocycles. The summed E-state index contributed by atoms with van der Waals surface area (Å²) in [6.07, 6.45) is 0.722. The van der Waals surface area contributed by atoms with E-state index in [1.165, 1.54) is 4.31 Å². The van der Waals surface area contributed by atoms with Crippen molar-refractivity contribution in [2.24, 2.45) is 0 Å². The Balaban J connectivity index is 1.90. The van der Waals surface area contributed by atoms with Gasteiger partial charge in [-0.25, -0.2) is 12.7 Å². The van der Waals surface area contributed by atoms with Crippen LogP contribution in [0, 0.1) is 20.8 Å². The first kappa shape index (κ1) is 20.1. The van der Waals surface area contributed by atoms with Crippen LogP contribution in [0.1, 0.15) is 29.5 Å². The Labute approximate surface area is 156 Å². The molecule has 0 saturated carbocycles. The molecule has 0 fully saturated rings. The number of nitrogens with one attached hydrogen (secondary N) is 1. The molecule has 6 heteroatoms. The summed E-state index contributed by atoms with van der Waals surface area (Å²) in [5.74, 6) is -0.108. The van der Waals surface area contributed by atoms with Gasteiger partial charge in [0.25, 0.3) is 0 Å². The van der Waals surface area contributed by atoms with Crippen molar-refractivity contribution in [1.82, 2.24) is 4.31 Å². The van der Waals surface area contributed by atoms with E-state index in [2.05, 4.69) is 5.32 Å². The number of nitrogens with zero attached hydrogens (tertiary/aromatic N) is 1. The minimum Gasteiger partial charge on any atom is -0.326 e. The van der Waals surface area contributed by atoms with Crippen molar-refractivity contribution in [3.8, 4) is 0 Å². The molecule has 0 aliphatic rings. The van der Waals surface area contributed by atoms with E-state index in [-0.39, 0.29) is 23.8 Å². The van der Waals surface area contributed by atoms with Crippen LogP contribution in [0.3, 0.4) is 0 Å². The maximum Gasteiger partial charge on any atom is 0.242 e. The van der Waals surface area contributed by atoms with Crippen LogP contribution in [-0.2, 0) is 14.8 Å². The van der Waals surface area contributed by atoms with E-state index in [1.54, 1.807) is 31.3 Å². The standard InChI is InChI=1S/C20H26N2O3S/c1-15-10-12-18(13-11-15)26(24,25)22(4)14-6-9-19(23)21-20-16(2)7-5-8-17(20)3/h5,7-8,10-13H,6,9,14H2,1-4H3,(H,21,23). The summed E-state index contributed by atoms with van der Waals surface area (Å²) in [5.41, 5.74) is 3.86. The molecule has 0 bridgehead atoms. The number of carbonyl (C=O) groups excluding carboxylic acids is 1. The zero-order valence-corrected chi connectivity index (χ0v) is 16.6. The number of anilines is 1. The molecule has 0 spiro atoms. The van der Waals surface area contributed by atoms with Crippen LogP contribution in [0.5, 0.6) is 0 Å². The van der Waals surface area contributed by atoms with Gasteiger partial charge in [0.15, 0.2) is 0 Å². The van der Waals surface area contributed by atoms with E-state index in [0.717, 1.165) is 22.4 Å². The van der Waals surface area contributed by atoms with Crippen molar-refractivity contribution in [2.45, 2.75) is 38.5 Å². The van der Waals surface area contributed by atoms with Crippen LogP contribution in [0.25, 0.3) is 0 Å². The first-order chi connectivity index (χ1) is 12.2. The average molecular weight is 375 g/mol.